The molecular weight excluding hydrogens is 441 g/mol. The molecular formula is C22H25F3N4O2S. The first-order valence-electron chi connectivity index (χ1n) is 9.99. The van der Waals surface area contributed by atoms with E-state index in [4.69, 9.17) is 4.74 Å². The first-order chi connectivity index (χ1) is 15.1. The number of halogens is 3. The van der Waals surface area contributed by atoms with Crippen molar-refractivity contribution < 1.29 is 22.7 Å². The lowest BCUT2D eigenvalue weighted by Gasteiger charge is -2.12. The molecule has 0 bridgehead atoms. The molecule has 0 atom stereocenters. The molecule has 2 aromatic heterocycles. The summed E-state index contributed by atoms with van der Waals surface area (Å²) in [5, 5.41) is 9.10. The zero-order valence-electron chi connectivity index (χ0n) is 18.4. The van der Waals surface area contributed by atoms with E-state index >= 15 is 0 Å². The normalized spacial score (nSPS) is 11.8. The highest BCUT2D eigenvalue weighted by molar-refractivity contribution is 7.99. The number of ether oxygens (including phenoxy) is 1. The van der Waals surface area contributed by atoms with Crippen molar-refractivity contribution in [3.8, 4) is 11.4 Å². The number of rotatable bonds is 9. The van der Waals surface area contributed by atoms with Crippen LogP contribution in [0.25, 0.3) is 11.4 Å². The summed E-state index contributed by atoms with van der Waals surface area (Å²) in [6, 6.07) is 9.38. The minimum Gasteiger partial charge on any atom is -0.383 e. The maximum atomic E-state index is 12.9. The highest BCUT2D eigenvalue weighted by Gasteiger charge is 2.30. The third-order valence-corrected chi connectivity index (χ3v) is 6.02. The average molecular weight is 467 g/mol. The third-order valence-electron chi connectivity index (χ3n) is 5.06. The van der Waals surface area contributed by atoms with E-state index in [0.29, 0.717) is 41.1 Å². The van der Waals surface area contributed by atoms with E-state index < -0.39 is 12.7 Å². The number of hydrogen-bond acceptors (Lipinski definition) is 5. The van der Waals surface area contributed by atoms with Gasteiger partial charge in [0.05, 0.1) is 18.9 Å². The van der Waals surface area contributed by atoms with Crippen LogP contribution >= 0.6 is 11.8 Å². The van der Waals surface area contributed by atoms with E-state index in [0.717, 1.165) is 15.7 Å². The first kappa shape index (κ1) is 24.1. The van der Waals surface area contributed by atoms with Crippen molar-refractivity contribution in [3.05, 3.63) is 52.8 Å². The van der Waals surface area contributed by atoms with Crippen LogP contribution in [0.5, 0.6) is 0 Å². The van der Waals surface area contributed by atoms with Crippen LogP contribution in [0.2, 0.25) is 0 Å². The quantitative estimate of drug-likeness (QED) is 0.333. The highest BCUT2D eigenvalue weighted by atomic mass is 32.2. The van der Waals surface area contributed by atoms with Gasteiger partial charge in [0.15, 0.2) is 16.8 Å². The largest absolute Gasteiger partial charge is 0.406 e. The van der Waals surface area contributed by atoms with Gasteiger partial charge in [-0.3, -0.25) is 9.36 Å². The molecule has 0 amide bonds. The number of nitrogens with zero attached hydrogens (tertiary/aromatic N) is 4. The topological polar surface area (TPSA) is 61.9 Å². The van der Waals surface area contributed by atoms with E-state index in [2.05, 4.69) is 10.2 Å². The van der Waals surface area contributed by atoms with Crippen molar-refractivity contribution in [2.75, 3.05) is 19.5 Å². The number of thioether (sulfide) groups is 1. The molecule has 3 aromatic rings. The average Bonchev–Trinajstić information content (AvgIpc) is 3.25. The molecule has 6 nitrogen and oxygen atoms in total. The molecule has 3 rings (SSSR count). The van der Waals surface area contributed by atoms with Gasteiger partial charge >= 0.3 is 6.18 Å². The Kier molecular flexibility index (Phi) is 7.45. The zero-order valence-corrected chi connectivity index (χ0v) is 19.2. The highest BCUT2D eigenvalue weighted by Crippen LogP contribution is 2.27. The molecule has 172 valence electrons. The van der Waals surface area contributed by atoms with E-state index in [-0.39, 0.29) is 11.5 Å². The maximum absolute atomic E-state index is 12.9. The molecule has 2 heterocycles. The monoisotopic (exact) mass is 466 g/mol. The van der Waals surface area contributed by atoms with Crippen LogP contribution in [0.3, 0.4) is 0 Å². The predicted molar refractivity (Wildman–Crippen MR) is 117 cm³/mol. The van der Waals surface area contributed by atoms with Crippen molar-refractivity contribution in [1.82, 2.24) is 19.3 Å². The molecule has 0 N–H and O–H groups in total. The maximum Gasteiger partial charge on any atom is 0.406 e. The van der Waals surface area contributed by atoms with Gasteiger partial charge in [0.2, 0.25) is 0 Å². The second-order valence-corrected chi connectivity index (χ2v) is 8.46. The Morgan fingerprint density at radius 2 is 1.88 bits per heavy atom. The SMILES string of the molecule is COCCn1c(SCC(=O)c2cc(C)n(CC(F)(F)F)c2C)nnc1-c1cccc(C)c1. The Morgan fingerprint density at radius 3 is 2.53 bits per heavy atom. The van der Waals surface area contributed by atoms with Crippen LogP contribution in [-0.4, -0.2) is 50.8 Å². The molecule has 0 saturated heterocycles. The number of Topliss-reactive ketones (excluding diaryl/α,β-unsaturated/α-hetero) is 1. The van der Waals surface area contributed by atoms with Gasteiger partial charge in [0, 0.05) is 29.6 Å². The number of carbonyl (C=O) groups excluding carboxylic acids is 1. The number of carbonyl (C=O) groups is 1. The van der Waals surface area contributed by atoms with Crippen molar-refractivity contribution in [1.29, 1.82) is 0 Å². The van der Waals surface area contributed by atoms with Gasteiger partial charge < -0.3 is 9.30 Å². The summed E-state index contributed by atoms with van der Waals surface area (Å²) in [4.78, 5) is 12.8. The van der Waals surface area contributed by atoms with Crippen LogP contribution in [0.15, 0.2) is 35.5 Å². The van der Waals surface area contributed by atoms with Crippen LogP contribution in [-0.2, 0) is 17.8 Å². The Morgan fingerprint density at radius 1 is 1.12 bits per heavy atom. The van der Waals surface area contributed by atoms with Crippen LogP contribution in [0.1, 0.15) is 27.3 Å². The predicted octanol–water partition coefficient (Wildman–Crippen LogP) is 4.86. The summed E-state index contributed by atoms with van der Waals surface area (Å²) in [7, 11) is 1.60. The molecule has 0 aliphatic heterocycles. The minimum atomic E-state index is -4.35. The van der Waals surface area contributed by atoms with Crippen molar-refractivity contribution in [3.63, 3.8) is 0 Å². The second-order valence-electron chi connectivity index (χ2n) is 7.52. The Labute approximate surface area is 188 Å². The van der Waals surface area contributed by atoms with Gasteiger partial charge in [-0.2, -0.15) is 13.2 Å². The minimum absolute atomic E-state index is 0.0369. The fourth-order valence-corrected chi connectivity index (χ4v) is 4.34. The molecule has 0 saturated carbocycles. The molecule has 0 aliphatic carbocycles. The van der Waals surface area contributed by atoms with Crippen molar-refractivity contribution >= 4 is 17.5 Å². The number of hydrogen-bond donors (Lipinski definition) is 0. The standard InChI is InChI=1S/C22H25F3N4O2S/c1-14-6-5-7-17(10-14)20-26-27-21(28(20)8-9-31-4)32-12-19(30)18-11-15(2)29(16(18)3)13-22(23,24)25/h5-7,10-11H,8-9,12-13H2,1-4H3. The Balaban J connectivity index is 1.81. The lowest BCUT2D eigenvalue weighted by molar-refractivity contribution is -0.141. The summed E-state index contributed by atoms with van der Waals surface area (Å²) in [5.41, 5.74) is 3.00. The van der Waals surface area contributed by atoms with Crippen LogP contribution in [0, 0.1) is 20.8 Å². The number of alkyl halides is 3. The molecule has 0 fully saturated rings. The van der Waals surface area contributed by atoms with Gasteiger partial charge in [-0.05, 0) is 32.9 Å². The second kappa shape index (κ2) is 9.91. The van der Waals surface area contributed by atoms with Gasteiger partial charge in [-0.15, -0.1) is 10.2 Å². The summed E-state index contributed by atoms with van der Waals surface area (Å²) in [6.45, 7) is 4.92. The number of aromatic nitrogens is 4. The molecule has 1 aromatic carbocycles. The van der Waals surface area contributed by atoms with Crippen LogP contribution in [0.4, 0.5) is 13.2 Å². The lowest BCUT2D eigenvalue weighted by Crippen LogP contribution is -2.19. The van der Waals surface area contributed by atoms with E-state index in [1.807, 2.05) is 35.8 Å². The third kappa shape index (κ3) is 5.60. The summed E-state index contributed by atoms with van der Waals surface area (Å²) >= 11 is 1.21. The van der Waals surface area contributed by atoms with Crippen LogP contribution < -0.4 is 0 Å². The summed E-state index contributed by atoms with van der Waals surface area (Å²) < 4.78 is 46.8. The molecule has 0 radical (unpaired) electrons. The molecule has 0 spiro atoms. The molecule has 0 unspecified atom stereocenters. The first-order valence-corrected chi connectivity index (χ1v) is 11.0. The zero-order chi connectivity index (χ0) is 23.5. The number of ketones is 1. The van der Waals surface area contributed by atoms with Gasteiger partial charge in [-0.1, -0.05) is 35.5 Å². The number of methoxy groups -OCH3 is 1. The fraction of sp³-hybridized carbons (Fsp3) is 0.409. The molecule has 0 aliphatic rings. The van der Waals surface area contributed by atoms with Crippen molar-refractivity contribution in [2.24, 2.45) is 0 Å². The Hall–Kier alpha value is -2.59. The van der Waals surface area contributed by atoms with Gasteiger partial charge in [0.25, 0.3) is 0 Å². The number of aryl methyl sites for hydroxylation is 2. The molecule has 32 heavy (non-hydrogen) atoms. The smallest absolute Gasteiger partial charge is 0.383 e. The van der Waals surface area contributed by atoms with Gasteiger partial charge in [-0.25, -0.2) is 0 Å². The summed E-state index contributed by atoms with van der Waals surface area (Å²) in [6.07, 6.45) is -4.35. The number of benzene rings is 1. The van der Waals surface area contributed by atoms with Gasteiger partial charge in [0.1, 0.15) is 6.54 Å². The van der Waals surface area contributed by atoms with E-state index in [1.165, 1.54) is 24.8 Å². The molecule has 10 heteroatoms. The lowest BCUT2D eigenvalue weighted by atomic mass is 10.1. The fourth-order valence-electron chi connectivity index (χ4n) is 3.49. The van der Waals surface area contributed by atoms with Crippen molar-refractivity contribution in [2.45, 2.75) is 45.2 Å². The Bertz CT molecular complexity index is 1110. The van der Waals surface area contributed by atoms with E-state index in [9.17, 15) is 18.0 Å². The summed E-state index contributed by atoms with van der Waals surface area (Å²) in [5.74, 6) is 0.453. The van der Waals surface area contributed by atoms with E-state index in [1.54, 1.807) is 14.0 Å².